The summed E-state index contributed by atoms with van der Waals surface area (Å²) in [5.41, 5.74) is 2.48. The molecule has 7 heteroatoms. The normalized spacial score (nSPS) is 11.7. The quantitative estimate of drug-likeness (QED) is 0.635. The Morgan fingerprint density at radius 1 is 1.04 bits per heavy atom. The molecule has 7 nitrogen and oxygen atoms in total. The summed E-state index contributed by atoms with van der Waals surface area (Å²) in [7, 11) is 3.04. The summed E-state index contributed by atoms with van der Waals surface area (Å²) < 4.78 is 15.8. The summed E-state index contributed by atoms with van der Waals surface area (Å²) in [6.07, 6.45) is -0.978. The molecule has 0 spiro atoms. The monoisotopic (exact) mass is 382 g/mol. The van der Waals surface area contributed by atoms with Gasteiger partial charge in [-0.3, -0.25) is 4.79 Å². The van der Waals surface area contributed by atoms with E-state index < -0.39 is 18.0 Å². The number of aromatic nitrogens is 1. The van der Waals surface area contributed by atoms with Crippen LogP contribution in [0.4, 0.5) is 5.69 Å². The van der Waals surface area contributed by atoms with Gasteiger partial charge in [0.15, 0.2) is 17.6 Å². The largest absolute Gasteiger partial charge is 0.493 e. The zero-order chi connectivity index (χ0) is 20.3. The number of fused-ring (bicyclic) bond motifs is 1. The van der Waals surface area contributed by atoms with Crippen molar-refractivity contribution in [2.75, 3.05) is 19.5 Å². The van der Waals surface area contributed by atoms with Crippen LogP contribution in [-0.2, 0) is 9.53 Å². The van der Waals surface area contributed by atoms with Gasteiger partial charge < -0.3 is 24.5 Å². The van der Waals surface area contributed by atoms with Crippen molar-refractivity contribution in [3.63, 3.8) is 0 Å². The predicted molar refractivity (Wildman–Crippen MR) is 106 cm³/mol. The number of aromatic amines is 1. The first-order valence-electron chi connectivity index (χ1n) is 8.75. The van der Waals surface area contributed by atoms with Gasteiger partial charge in [0.25, 0.3) is 5.91 Å². The molecular formula is C21H22N2O5. The summed E-state index contributed by atoms with van der Waals surface area (Å²) in [6.45, 7) is 3.32. The first-order valence-corrected chi connectivity index (χ1v) is 8.75. The van der Waals surface area contributed by atoms with Crippen molar-refractivity contribution in [1.29, 1.82) is 0 Å². The molecule has 2 aromatic carbocycles. The second kappa shape index (κ2) is 8.04. The SMILES string of the molecule is COc1ccc(NC(=O)C(C)OC(=O)c2c(C)[nH]c3ccccc23)cc1OC. The molecule has 1 unspecified atom stereocenters. The van der Waals surface area contributed by atoms with Crippen molar-refractivity contribution in [3.8, 4) is 11.5 Å². The Hall–Kier alpha value is -3.48. The fourth-order valence-electron chi connectivity index (χ4n) is 2.97. The molecule has 0 radical (unpaired) electrons. The van der Waals surface area contributed by atoms with Gasteiger partial charge >= 0.3 is 5.97 Å². The molecule has 2 N–H and O–H groups in total. The Kier molecular flexibility index (Phi) is 5.54. The van der Waals surface area contributed by atoms with Gasteiger partial charge in [-0.15, -0.1) is 0 Å². The standard InChI is InChI=1S/C21H22N2O5/c1-12-19(15-7-5-6-8-16(15)22-12)21(25)28-13(2)20(24)23-14-9-10-17(26-3)18(11-14)27-4/h5-11,13,22H,1-4H3,(H,23,24). The summed E-state index contributed by atoms with van der Waals surface area (Å²) in [5, 5.41) is 3.47. The van der Waals surface area contributed by atoms with Crippen LogP contribution in [0.3, 0.4) is 0 Å². The lowest BCUT2D eigenvalue weighted by Gasteiger charge is -2.15. The summed E-state index contributed by atoms with van der Waals surface area (Å²) in [5.74, 6) is 0.0390. The van der Waals surface area contributed by atoms with E-state index in [1.165, 1.54) is 21.1 Å². The topological polar surface area (TPSA) is 89.6 Å². The number of amides is 1. The third kappa shape index (κ3) is 3.78. The fraction of sp³-hybridized carbons (Fsp3) is 0.238. The van der Waals surface area contributed by atoms with Crippen LogP contribution in [0.5, 0.6) is 11.5 Å². The number of esters is 1. The summed E-state index contributed by atoms with van der Waals surface area (Å²) >= 11 is 0. The van der Waals surface area contributed by atoms with Crippen LogP contribution in [0.1, 0.15) is 23.0 Å². The van der Waals surface area contributed by atoms with E-state index in [2.05, 4.69) is 10.3 Å². The highest BCUT2D eigenvalue weighted by Crippen LogP contribution is 2.30. The van der Waals surface area contributed by atoms with Crippen LogP contribution in [0.2, 0.25) is 0 Å². The van der Waals surface area contributed by atoms with Crippen molar-refractivity contribution in [2.24, 2.45) is 0 Å². The van der Waals surface area contributed by atoms with E-state index in [-0.39, 0.29) is 0 Å². The minimum absolute atomic E-state index is 0.432. The maximum atomic E-state index is 12.6. The maximum absolute atomic E-state index is 12.6. The van der Waals surface area contributed by atoms with Crippen molar-refractivity contribution in [3.05, 3.63) is 53.7 Å². The number of carbonyl (C=O) groups is 2. The number of nitrogens with one attached hydrogen (secondary N) is 2. The van der Waals surface area contributed by atoms with Gasteiger partial charge in [0.2, 0.25) is 0 Å². The number of hydrogen-bond donors (Lipinski definition) is 2. The molecule has 0 aliphatic heterocycles. The van der Waals surface area contributed by atoms with Gasteiger partial charge in [0.1, 0.15) is 0 Å². The second-order valence-electron chi connectivity index (χ2n) is 6.28. The highest BCUT2D eigenvalue weighted by molar-refractivity contribution is 6.06. The third-order valence-electron chi connectivity index (χ3n) is 4.40. The van der Waals surface area contributed by atoms with Crippen LogP contribution in [-0.4, -0.2) is 37.2 Å². The van der Waals surface area contributed by atoms with Crippen LogP contribution in [0.15, 0.2) is 42.5 Å². The molecule has 1 amide bonds. The zero-order valence-corrected chi connectivity index (χ0v) is 16.2. The molecule has 0 bridgehead atoms. The average Bonchev–Trinajstić information content (AvgIpc) is 3.03. The van der Waals surface area contributed by atoms with E-state index in [4.69, 9.17) is 14.2 Å². The average molecular weight is 382 g/mol. The number of carbonyl (C=O) groups excluding carboxylic acids is 2. The van der Waals surface area contributed by atoms with E-state index in [9.17, 15) is 9.59 Å². The molecule has 28 heavy (non-hydrogen) atoms. The Bertz CT molecular complexity index is 1020. The van der Waals surface area contributed by atoms with Gasteiger partial charge in [0, 0.05) is 28.4 Å². The lowest BCUT2D eigenvalue weighted by atomic mass is 10.1. The van der Waals surface area contributed by atoms with Gasteiger partial charge in [0.05, 0.1) is 19.8 Å². The fourth-order valence-corrected chi connectivity index (χ4v) is 2.97. The molecule has 0 aliphatic rings. The van der Waals surface area contributed by atoms with E-state index in [0.717, 1.165) is 10.9 Å². The Morgan fingerprint density at radius 3 is 2.46 bits per heavy atom. The lowest BCUT2D eigenvalue weighted by Crippen LogP contribution is -2.30. The molecule has 3 aromatic rings. The maximum Gasteiger partial charge on any atom is 0.341 e. The molecule has 0 aliphatic carbocycles. The minimum Gasteiger partial charge on any atom is -0.493 e. The van der Waals surface area contributed by atoms with E-state index in [1.807, 2.05) is 24.3 Å². The number of H-pyrrole nitrogens is 1. The Labute approximate surface area is 162 Å². The van der Waals surface area contributed by atoms with E-state index in [1.54, 1.807) is 25.1 Å². The van der Waals surface area contributed by atoms with Crippen LogP contribution >= 0.6 is 0 Å². The number of methoxy groups -OCH3 is 2. The molecule has 0 fully saturated rings. The van der Waals surface area contributed by atoms with Crippen molar-refractivity contribution in [2.45, 2.75) is 20.0 Å². The Morgan fingerprint density at radius 2 is 1.75 bits per heavy atom. The lowest BCUT2D eigenvalue weighted by molar-refractivity contribution is -0.123. The molecule has 3 rings (SSSR count). The molecule has 0 saturated heterocycles. The van der Waals surface area contributed by atoms with Gasteiger partial charge in [-0.2, -0.15) is 0 Å². The number of ether oxygens (including phenoxy) is 3. The second-order valence-corrected chi connectivity index (χ2v) is 6.28. The van der Waals surface area contributed by atoms with Crippen molar-refractivity contribution in [1.82, 2.24) is 4.98 Å². The number of para-hydroxylation sites is 1. The first-order chi connectivity index (χ1) is 13.4. The molecule has 1 aromatic heterocycles. The number of anilines is 1. The summed E-state index contributed by atoms with van der Waals surface area (Å²) in [6, 6.07) is 12.4. The van der Waals surface area contributed by atoms with Gasteiger partial charge in [-0.1, -0.05) is 18.2 Å². The predicted octanol–water partition coefficient (Wildman–Crippen LogP) is 3.68. The zero-order valence-electron chi connectivity index (χ0n) is 16.2. The van der Waals surface area contributed by atoms with Crippen molar-refractivity contribution < 1.29 is 23.8 Å². The molecule has 0 saturated carbocycles. The number of aryl methyl sites for hydroxylation is 1. The third-order valence-corrected chi connectivity index (χ3v) is 4.40. The van der Waals surface area contributed by atoms with Crippen LogP contribution < -0.4 is 14.8 Å². The smallest absolute Gasteiger partial charge is 0.341 e. The minimum atomic E-state index is -0.978. The Balaban J connectivity index is 1.72. The first kappa shape index (κ1) is 19.3. The van der Waals surface area contributed by atoms with Crippen molar-refractivity contribution >= 4 is 28.5 Å². The van der Waals surface area contributed by atoms with Crippen LogP contribution in [0, 0.1) is 6.92 Å². The molecule has 1 atom stereocenters. The summed E-state index contributed by atoms with van der Waals surface area (Å²) in [4.78, 5) is 28.2. The molecule has 1 heterocycles. The van der Waals surface area contributed by atoms with E-state index >= 15 is 0 Å². The van der Waals surface area contributed by atoms with E-state index in [0.29, 0.717) is 28.4 Å². The molecule has 146 valence electrons. The number of hydrogen-bond acceptors (Lipinski definition) is 5. The van der Waals surface area contributed by atoms with Crippen LogP contribution in [0.25, 0.3) is 10.9 Å². The number of rotatable bonds is 6. The number of benzene rings is 2. The highest BCUT2D eigenvalue weighted by Gasteiger charge is 2.23. The molecular weight excluding hydrogens is 360 g/mol. The van der Waals surface area contributed by atoms with Gasteiger partial charge in [-0.25, -0.2) is 4.79 Å². The highest BCUT2D eigenvalue weighted by atomic mass is 16.5. The van der Waals surface area contributed by atoms with Gasteiger partial charge in [-0.05, 0) is 32.0 Å².